The number of carbonyl (C=O) groups is 1. The van der Waals surface area contributed by atoms with Crippen molar-refractivity contribution in [2.24, 2.45) is 0 Å². The highest BCUT2D eigenvalue weighted by molar-refractivity contribution is 6.04. The molecule has 14 nitrogen and oxygen atoms in total. The lowest BCUT2D eigenvalue weighted by Gasteiger charge is -2.34. The van der Waals surface area contributed by atoms with E-state index in [9.17, 15) is 14.3 Å². The van der Waals surface area contributed by atoms with E-state index in [1.165, 1.54) is 18.5 Å². The number of aromatic nitrogens is 4. The Balaban J connectivity index is 1.13. The van der Waals surface area contributed by atoms with Gasteiger partial charge in [0.05, 0.1) is 18.4 Å². The van der Waals surface area contributed by atoms with Crippen LogP contribution in [-0.2, 0) is 17.8 Å². The van der Waals surface area contributed by atoms with Crippen LogP contribution in [-0.4, -0.2) is 107 Å². The van der Waals surface area contributed by atoms with Crippen LogP contribution in [0.3, 0.4) is 0 Å². The van der Waals surface area contributed by atoms with Gasteiger partial charge in [0.15, 0.2) is 5.82 Å². The Hall–Kier alpha value is -7.10. The van der Waals surface area contributed by atoms with E-state index in [0.717, 1.165) is 48.4 Å². The smallest absolute Gasteiger partial charge is 0.345 e. The topological polar surface area (TPSA) is 155 Å². The molecule has 0 saturated carbocycles. The van der Waals surface area contributed by atoms with E-state index < -0.39 is 17.9 Å². The summed E-state index contributed by atoms with van der Waals surface area (Å²) >= 11 is 0. The summed E-state index contributed by atoms with van der Waals surface area (Å²) in [5.74, 6) is 1.42. The van der Waals surface area contributed by atoms with Crippen molar-refractivity contribution in [3.63, 3.8) is 0 Å². The maximum absolute atomic E-state index is 14.3. The Labute approximate surface area is 369 Å². The predicted molar refractivity (Wildman–Crippen MR) is 237 cm³/mol. The highest BCUT2D eigenvalue weighted by Crippen LogP contribution is 2.47. The number of para-hydroxylation sites is 1. The number of ether oxygens (including phenoxy) is 5. The number of carboxylic acids is 1. The average molecular weight is 867 g/mol. The lowest BCUT2D eigenvalue weighted by Crippen LogP contribution is -2.49. The third-order valence-corrected chi connectivity index (χ3v) is 11.5. The van der Waals surface area contributed by atoms with Gasteiger partial charge in [0.1, 0.15) is 65.6 Å². The summed E-state index contributed by atoms with van der Waals surface area (Å²) in [6.07, 6.45) is 0.940. The van der Waals surface area contributed by atoms with Crippen molar-refractivity contribution in [3.8, 4) is 62.7 Å². The van der Waals surface area contributed by atoms with E-state index in [4.69, 9.17) is 33.1 Å². The van der Waals surface area contributed by atoms with Gasteiger partial charge in [-0.1, -0.05) is 12.1 Å². The maximum atomic E-state index is 14.3. The highest BCUT2D eigenvalue weighted by Gasteiger charge is 2.31. The summed E-state index contributed by atoms with van der Waals surface area (Å²) in [5, 5.41) is 11.2. The number of fused-ring (bicyclic) bond motifs is 7. The number of carboxylic acid groups (broad SMARTS) is 1. The molecule has 7 aromatic rings. The fourth-order valence-corrected chi connectivity index (χ4v) is 8.30. The van der Waals surface area contributed by atoms with E-state index >= 15 is 0 Å². The first-order valence-corrected chi connectivity index (χ1v) is 21.1. The minimum atomic E-state index is -1.46. The van der Waals surface area contributed by atoms with Crippen LogP contribution >= 0.6 is 0 Å². The molecule has 1 fully saturated rings. The molecular weight excluding hydrogens is 820 g/mol. The third kappa shape index (κ3) is 9.03. The van der Waals surface area contributed by atoms with Crippen LogP contribution in [0.4, 0.5) is 4.39 Å². The molecule has 15 heteroatoms. The van der Waals surface area contributed by atoms with Crippen LogP contribution in [0.1, 0.15) is 22.4 Å². The van der Waals surface area contributed by atoms with Gasteiger partial charge in [-0.25, -0.2) is 29.1 Å². The van der Waals surface area contributed by atoms with Gasteiger partial charge in [-0.3, -0.25) is 4.90 Å². The zero-order chi connectivity index (χ0) is 44.3. The van der Waals surface area contributed by atoms with Crippen molar-refractivity contribution in [3.05, 3.63) is 126 Å². The Morgan fingerprint density at radius 2 is 1.66 bits per heavy atom. The van der Waals surface area contributed by atoms with Crippen molar-refractivity contribution in [1.82, 2.24) is 29.7 Å². The molecule has 3 aliphatic rings. The SMILES string of the molecule is COc1ccccc1-c1nccc(COc2ccc3cc2C[C@H](C(=O)O)Oc2ncnc4oc(-c5ccc(F)cc5)c(c24)-c2c(C)cc(cc2C)O[C@H](CN2CCN(C)CC2)CO3)n1. The number of aliphatic carboxylic acids is 1. The number of hydrogen-bond donors (Lipinski definition) is 1. The van der Waals surface area contributed by atoms with Crippen molar-refractivity contribution >= 4 is 17.1 Å². The molecule has 64 heavy (non-hydrogen) atoms. The molecule has 0 amide bonds. The van der Waals surface area contributed by atoms with Crippen molar-refractivity contribution in [1.29, 1.82) is 0 Å². The largest absolute Gasteiger partial charge is 0.496 e. The number of rotatable bonds is 9. The van der Waals surface area contributed by atoms with E-state index in [1.807, 2.05) is 50.2 Å². The number of methoxy groups -OCH3 is 1. The molecule has 0 spiro atoms. The molecule has 4 aromatic carbocycles. The summed E-state index contributed by atoms with van der Waals surface area (Å²) in [6.45, 7) is 8.47. The van der Waals surface area contributed by atoms with Crippen LogP contribution in [0, 0.1) is 19.7 Å². The summed E-state index contributed by atoms with van der Waals surface area (Å²) in [5.41, 5.74) is 5.64. The van der Waals surface area contributed by atoms with Crippen LogP contribution in [0.25, 0.3) is 44.9 Å². The summed E-state index contributed by atoms with van der Waals surface area (Å²) in [4.78, 5) is 36.1. The van der Waals surface area contributed by atoms with Gasteiger partial charge in [-0.05, 0) is 110 Å². The van der Waals surface area contributed by atoms with E-state index in [1.54, 1.807) is 49.7 Å². The van der Waals surface area contributed by atoms with Gasteiger partial charge in [0, 0.05) is 62.0 Å². The van der Waals surface area contributed by atoms with Gasteiger partial charge in [-0.2, -0.15) is 0 Å². The van der Waals surface area contributed by atoms with Crippen LogP contribution in [0.2, 0.25) is 0 Å². The number of piperazine rings is 1. The Morgan fingerprint density at radius 3 is 2.42 bits per heavy atom. The van der Waals surface area contributed by atoms with E-state index in [-0.39, 0.29) is 37.3 Å². The second-order valence-corrected chi connectivity index (χ2v) is 16.0. The van der Waals surface area contributed by atoms with Crippen LogP contribution in [0.5, 0.6) is 28.9 Å². The predicted octanol–water partition coefficient (Wildman–Crippen LogP) is 7.82. The Morgan fingerprint density at radius 1 is 0.875 bits per heavy atom. The second-order valence-electron chi connectivity index (χ2n) is 16.0. The number of hydrogen-bond acceptors (Lipinski definition) is 13. The fraction of sp³-hybridized carbons (Fsp3) is 0.286. The number of benzene rings is 4. The number of aryl methyl sites for hydroxylation is 2. The molecule has 4 bridgehead atoms. The van der Waals surface area contributed by atoms with Gasteiger partial charge in [0.25, 0.3) is 0 Å². The molecule has 3 aromatic heterocycles. The molecule has 1 N–H and O–H groups in total. The Bertz CT molecular complexity index is 2790. The normalized spacial score (nSPS) is 17.0. The number of halogens is 1. The van der Waals surface area contributed by atoms with E-state index in [2.05, 4.69) is 31.8 Å². The molecule has 0 radical (unpaired) electrons. The minimum absolute atomic E-state index is 0.0000712. The molecule has 10 rings (SSSR count). The fourth-order valence-electron chi connectivity index (χ4n) is 8.30. The lowest BCUT2D eigenvalue weighted by molar-refractivity contribution is -0.145. The quantitative estimate of drug-likeness (QED) is 0.150. The first-order valence-electron chi connectivity index (χ1n) is 21.1. The zero-order valence-corrected chi connectivity index (χ0v) is 35.9. The lowest BCUT2D eigenvalue weighted by atomic mass is 9.92. The number of likely N-dealkylation sites (N-methyl/N-ethyl adjacent to an activating group) is 1. The maximum Gasteiger partial charge on any atom is 0.345 e. The zero-order valence-electron chi connectivity index (χ0n) is 35.9. The second kappa shape index (κ2) is 18.3. The molecular formula is C49H47FN6O8. The summed E-state index contributed by atoms with van der Waals surface area (Å²) in [7, 11) is 3.72. The van der Waals surface area contributed by atoms with E-state index in [0.29, 0.717) is 68.9 Å². The molecule has 0 aliphatic carbocycles. The molecule has 0 unspecified atom stereocenters. The molecule has 3 aliphatic heterocycles. The summed E-state index contributed by atoms with van der Waals surface area (Å²) < 4.78 is 52.4. The standard InChI is InChI=1S/C49H47FN6O8/c1-29-21-36-22-30(2)42(29)43-44-47(52-28-53-48(44)64-45(43)31-9-11-33(50)12-10-31)63-41(49(57)58)24-32-23-35(60-27-37(62-36)25-56-19-17-55(3)18-20-56)13-14-39(32)61-26-34-15-16-51-46(54-34)38-7-5-6-8-40(38)59-4/h5-16,21-23,28,37,41H,17-20,24-27H2,1-4H3,(H,57,58)/t37-,41-/m1/s1. The number of furan rings is 1. The number of nitrogens with zero attached hydrogens (tertiary/aromatic N) is 6. The van der Waals surface area contributed by atoms with Crippen molar-refractivity contribution in [2.75, 3.05) is 53.5 Å². The van der Waals surface area contributed by atoms with Gasteiger partial charge in [-0.15, -0.1) is 0 Å². The molecule has 2 atom stereocenters. The summed E-state index contributed by atoms with van der Waals surface area (Å²) in [6, 6.07) is 24.5. The average Bonchev–Trinajstić information content (AvgIpc) is 3.68. The molecule has 328 valence electrons. The van der Waals surface area contributed by atoms with Crippen molar-refractivity contribution < 1.29 is 42.4 Å². The van der Waals surface area contributed by atoms with Crippen LogP contribution < -0.4 is 23.7 Å². The third-order valence-electron chi connectivity index (χ3n) is 11.5. The molecule has 1 saturated heterocycles. The van der Waals surface area contributed by atoms with Gasteiger partial charge < -0.3 is 38.1 Å². The first kappa shape index (κ1) is 42.2. The Kier molecular flexibility index (Phi) is 12.1. The minimum Gasteiger partial charge on any atom is -0.496 e. The van der Waals surface area contributed by atoms with Crippen molar-refractivity contribution in [2.45, 2.75) is 39.1 Å². The first-order chi connectivity index (χ1) is 31.1. The van der Waals surface area contributed by atoms with Gasteiger partial charge >= 0.3 is 5.97 Å². The highest BCUT2D eigenvalue weighted by atomic mass is 19.1. The van der Waals surface area contributed by atoms with Crippen LogP contribution in [0.15, 0.2) is 102 Å². The molecule has 6 heterocycles. The van der Waals surface area contributed by atoms with Gasteiger partial charge in [0.2, 0.25) is 17.7 Å². The monoisotopic (exact) mass is 866 g/mol.